The van der Waals surface area contributed by atoms with Crippen LogP contribution in [0.2, 0.25) is 0 Å². The molecule has 0 atom stereocenters. The quantitative estimate of drug-likeness (QED) is 0.357. The average Bonchev–Trinajstić information content (AvgIpc) is 3.20. The number of ether oxygens (including phenoxy) is 2. The molecule has 0 fully saturated rings. The maximum atomic E-state index is 12.8. The van der Waals surface area contributed by atoms with Crippen LogP contribution < -0.4 is 44.1 Å². The Morgan fingerprint density at radius 1 is 1.11 bits per heavy atom. The SMILES string of the molecule is COc1cc(OC)nc(C(=O)c2nccc(-c3cccs3)c2C(=O)[O-])n1.[Na+]. The van der Waals surface area contributed by atoms with Gasteiger partial charge in [0.25, 0.3) is 0 Å². The number of hydrogen-bond acceptors (Lipinski definition) is 9. The molecular formula is C17H12N3NaO5S. The monoisotopic (exact) mass is 393 g/mol. The minimum absolute atomic E-state index is 0. The first-order valence-corrected chi connectivity index (χ1v) is 8.19. The number of aromatic carboxylic acids is 1. The molecule has 0 bridgehead atoms. The maximum Gasteiger partial charge on any atom is 1.00 e. The Kier molecular flexibility index (Phi) is 7.03. The van der Waals surface area contributed by atoms with Gasteiger partial charge in [0.15, 0.2) is 0 Å². The summed E-state index contributed by atoms with van der Waals surface area (Å²) in [5.41, 5.74) is -0.287. The molecule has 0 spiro atoms. The Labute approximate surface area is 180 Å². The van der Waals surface area contributed by atoms with Crippen LogP contribution in [0.15, 0.2) is 35.8 Å². The molecule has 0 unspecified atom stereocenters. The van der Waals surface area contributed by atoms with Gasteiger partial charge in [0.05, 0.1) is 26.3 Å². The minimum Gasteiger partial charge on any atom is -0.545 e. The van der Waals surface area contributed by atoms with Gasteiger partial charge in [-0.1, -0.05) is 6.07 Å². The fourth-order valence-corrected chi connectivity index (χ4v) is 3.06. The number of rotatable bonds is 6. The Bertz CT molecular complexity index is 956. The van der Waals surface area contributed by atoms with Crippen molar-refractivity contribution < 1.29 is 53.7 Å². The molecule has 27 heavy (non-hydrogen) atoms. The summed E-state index contributed by atoms with van der Waals surface area (Å²) >= 11 is 1.33. The zero-order valence-corrected chi connectivity index (χ0v) is 17.6. The number of methoxy groups -OCH3 is 2. The Hall–Kier alpha value is -2.33. The molecule has 0 aliphatic rings. The second-order valence-electron chi connectivity index (χ2n) is 4.95. The van der Waals surface area contributed by atoms with Crippen molar-refractivity contribution in [2.24, 2.45) is 0 Å². The number of hydrogen-bond donors (Lipinski definition) is 0. The van der Waals surface area contributed by atoms with Gasteiger partial charge in [-0.25, -0.2) is 0 Å². The van der Waals surface area contributed by atoms with Crippen LogP contribution >= 0.6 is 11.3 Å². The van der Waals surface area contributed by atoms with Gasteiger partial charge in [0.1, 0.15) is 5.69 Å². The van der Waals surface area contributed by atoms with Crippen LogP contribution in [0.25, 0.3) is 10.4 Å². The van der Waals surface area contributed by atoms with E-state index in [1.54, 1.807) is 17.5 Å². The summed E-state index contributed by atoms with van der Waals surface area (Å²) in [6.45, 7) is 0. The van der Waals surface area contributed by atoms with Crippen molar-refractivity contribution >= 4 is 23.1 Å². The van der Waals surface area contributed by atoms with E-state index in [1.807, 2.05) is 0 Å². The van der Waals surface area contributed by atoms with Crippen molar-refractivity contribution in [3.8, 4) is 22.2 Å². The van der Waals surface area contributed by atoms with Crippen molar-refractivity contribution in [3.05, 3.63) is 52.9 Å². The van der Waals surface area contributed by atoms with E-state index < -0.39 is 11.8 Å². The average molecular weight is 393 g/mol. The van der Waals surface area contributed by atoms with Crippen LogP contribution in [0, 0.1) is 0 Å². The second-order valence-corrected chi connectivity index (χ2v) is 5.90. The predicted octanol–water partition coefficient (Wildman–Crippen LogP) is -1.78. The molecule has 0 N–H and O–H groups in total. The third kappa shape index (κ3) is 4.33. The Morgan fingerprint density at radius 2 is 1.78 bits per heavy atom. The number of carboxylic acids is 1. The molecule has 0 aliphatic heterocycles. The van der Waals surface area contributed by atoms with Gasteiger partial charge in [0.2, 0.25) is 23.4 Å². The topological polar surface area (TPSA) is 114 Å². The Balaban J connectivity index is 0.00000261. The van der Waals surface area contributed by atoms with Crippen LogP contribution in [0.4, 0.5) is 0 Å². The van der Waals surface area contributed by atoms with Gasteiger partial charge in [0, 0.05) is 22.2 Å². The van der Waals surface area contributed by atoms with E-state index in [-0.39, 0.29) is 58.4 Å². The normalized spacial score (nSPS) is 10.0. The maximum absolute atomic E-state index is 12.8. The molecular weight excluding hydrogens is 381 g/mol. The number of aromatic nitrogens is 3. The third-order valence-electron chi connectivity index (χ3n) is 3.46. The standard InChI is InChI=1S/C17H13N3O5S.Na/c1-24-11-8-12(25-2)20-16(19-11)15(21)14-13(17(22)23)9(5-6-18-14)10-4-3-7-26-10;/h3-8H,1-2H3,(H,22,23);/q;+1/p-1. The van der Waals surface area contributed by atoms with Crippen molar-refractivity contribution in [3.63, 3.8) is 0 Å². The molecule has 0 radical (unpaired) electrons. The number of nitrogens with zero attached hydrogens (tertiary/aromatic N) is 3. The predicted molar refractivity (Wildman–Crippen MR) is 90.4 cm³/mol. The van der Waals surface area contributed by atoms with Gasteiger partial charge in [-0.3, -0.25) is 9.78 Å². The van der Waals surface area contributed by atoms with Crippen molar-refractivity contribution in [2.75, 3.05) is 14.2 Å². The number of carboxylic acid groups (broad SMARTS) is 1. The molecule has 3 aromatic rings. The van der Waals surface area contributed by atoms with E-state index in [1.165, 1.54) is 43.9 Å². The fraction of sp³-hybridized carbons (Fsp3) is 0.118. The number of carbonyl (C=O) groups excluding carboxylic acids is 2. The molecule has 3 heterocycles. The second kappa shape index (κ2) is 9.05. The smallest absolute Gasteiger partial charge is 0.545 e. The van der Waals surface area contributed by atoms with E-state index in [0.717, 1.165) is 0 Å². The minimum atomic E-state index is -1.51. The van der Waals surface area contributed by atoms with Crippen molar-refractivity contribution in [2.45, 2.75) is 0 Å². The molecule has 0 saturated carbocycles. The molecule has 3 rings (SSSR count). The molecule has 8 nitrogen and oxygen atoms in total. The van der Waals surface area contributed by atoms with Gasteiger partial charge in [-0.2, -0.15) is 9.97 Å². The molecule has 10 heteroatoms. The van der Waals surface area contributed by atoms with Crippen molar-refractivity contribution in [1.29, 1.82) is 0 Å². The van der Waals surface area contributed by atoms with Crippen LogP contribution in [-0.4, -0.2) is 40.9 Å². The zero-order chi connectivity index (χ0) is 18.7. The van der Waals surface area contributed by atoms with Crippen LogP contribution in [0.3, 0.4) is 0 Å². The first kappa shape index (κ1) is 21.0. The summed E-state index contributed by atoms with van der Waals surface area (Å²) in [7, 11) is 2.75. The summed E-state index contributed by atoms with van der Waals surface area (Å²) in [6, 6.07) is 6.43. The van der Waals surface area contributed by atoms with E-state index >= 15 is 0 Å². The summed E-state index contributed by atoms with van der Waals surface area (Å²) < 4.78 is 10.0. The third-order valence-corrected chi connectivity index (χ3v) is 4.36. The number of pyridine rings is 1. The molecule has 0 amide bonds. The molecule has 0 saturated heterocycles. The van der Waals surface area contributed by atoms with E-state index in [9.17, 15) is 14.7 Å². The van der Waals surface area contributed by atoms with Gasteiger partial charge < -0.3 is 19.4 Å². The van der Waals surface area contributed by atoms with Crippen LogP contribution in [0.1, 0.15) is 26.7 Å². The van der Waals surface area contributed by atoms with E-state index in [2.05, 4.69) is 15.0 Å². The molecule has 0 aromatic carbocycles. The van der Waals surface area contributed by atoms with E-state index in [0.29, 0.717) is 10.4 Å². The number of thiophene rings is 1. The molecule has 0 aliphatic carbocycles. The molecule has 3 aromatic heterocycles. The number of carbonyl (C=O) groups is 2. The van der Waals surface area contributed by atoms with Crippen LogP contribution in [0.5, 0.6) is 11.8 Å². The Morgan fingerprint density at radius 3 is 2.30 bits per heavy atom. The summed E-state index contributed by atoms with van der Waals surface area (Å²) in [4.78, 5) is 37.1. The number of ketones is 1. The summed E-state index contributed by atoms with van der Waals surface area (Å²) in [5.74, 6) is -2.38. The van der Waals surface area contributed by atoms with Crippen LogP contribution in [-0.2, 0) is 0 Å². The molecule has 132 valence electrons. The summed E-state index contributed by atoms with van der Waals surface area (Å²) in [5, 5.41) is 13.5. The first-order valence-electron chi connectivity index (χ1n) is 7.31. The first-order chi connectivity index (χ1) is 12.5. The largest absolute Gasteiger partial charge is 1.00 e. The zero-order valence-electron chi connectivity index (χ0n) is 14.8. The van der Waals surface area contributed by atoms with Gasteiger partial charge in [-0.05, 0) is 17.5 Å². The summed E-state index contributed by atoms with van der Waals surface area (Å²) in [6.07, 6.45) is 1.35. The van der Waals surface area contributed by atoms with Gasteiger partial charge in [-0.15, -0.1) is 11.3 Å². The van der Waals surface area contributed by atoms with Gasteiger partial charge >= 0.3 is 29.6 Å². The van der Waals surface area contributed by atoms with Crippen molar-refractivity contribution in [1.82, 2.24) is 15.0 Å². The fourth-order valence-electron chi connectivity index (χ4n) is 2.30. The van der Waals surface area contributed by atoms with E-state index in [4.69, 9.17) is 9.47 Å².